The Balaban J connectivity index is 2.83. The van der Waals surface area contributed by atoms with E-state index in [1.807, 2.05) is 6.92 Å². The second-order valence-electron chi connectivity index (χ2n) is 2.78. The molecule has 0 saturated heterocycles. The molecule has 0 fully saturated rings. The molecular formula is C8H13N5O. The van der Waals surface area contributed by atoms with E-state index in [9.17, 15) is 4.79 Å². The average molecular weight is 195 g/mol. The quantitative estimate of drug-likeness (QED) is 0.666. The summed E-state index contributed by atoms with van der Waals surface area (Å²) >= 11 is 0. The molecule has 76 valence electrons. The van der Waals surface area contributed by atoms with Crippen molar-refractivity contribution in [2.24, 2.45) is 5.73 Å². The Hall–Kier alpha value is -1.85. The second kappa shape index (κ2) is 4.40. The van der Waals surface area contributed by atoms with E-state index in [4.69, 9.17) is 11.5 Å². The standard InChI is InChI=1S/C8H13N5O/c1-2-13(5-7(10)14)8-4-11-3-6(9)12-8/h3-4H,2,5H2,1H3,(H2,9,12)(H2,10,14). The van der Waals surface area contributed by atoms with Crippen molar-refractivity contribution in [3.63, 3.8) is 0 Å². The Bertz CT molecular complexity index is 327. The highest BCUT2D eigenvalue weighted by molar-refractivity contribution is 5.79. The first-order valence-electron chi connectivity index (χ1n) is 4.24. The minimum atomic E-state index is -0.406. The number of likely N-dealkylation sites (N-methyl/N-ethyl adjacent to an activating group) is 1. The van der Waals surface area contributed by atoms with Crippen LogP contribution in [0, 0.1) is 0 Å². The molecule has 0 spiro atoms. The third kappa shape index (κ3) is 2.58. The van der Waals surface area contributed by atoms with Crippen molar-refractivity contribution in [1.29, 1.82) is 0 Å². The van der Waals surface area contributed by atoms with Crippen molar-refractivity contribution in [3.05, 3.63) is 12.4 Å². The first-order valence-corrected chi connectivity index (χ1v) is 4.24. The third-order valence-electron chi connectivity index (χ3n) is 1.69. The zero-order chi connectivity index (χ0) is 10.6. The number of primary amides is 1. The molecule has 6 nitrogen and oxygen atoms in total. The van der Waals surface area contributed by atoms with Crippen LogP contribution in [0.1, 0.15) is 6.92 Å². The first-order chi connectivity index (χ1) is 6.63. The Kier molecular flexibility index (Phi) is 3.22. The average Bonchev–Trinajstić information content (AvgIpc) is 2.14. The molecule has 0 aliphatic rings. The number of aromatic nitrogens is 2. The normalized spacial score (nSPS) is 9.79. The van der Waals surface area contributed by atoms with Crippen molar-refractivity contribution in [2.45, 2.75) is 6.92 Å². The van der Waals surface area contributed by atoms with Gasteiger partial charge in [-0.1, -0.05) is 0 Å². The topological polar surface area (TPSA) is 98.1 Å². The summed E-state index contributed by atoms with van der Waals surface area (Å²) in [5.41, 5.74) is 10.5. The molecule has 0 aromatic carbocycles. The number of nitrogen functional groups attached to an aromatic ring is 1. The van der Waals surface area contributed by atoms with Gasteiger partial charge in [0, 0.05) is 6.54 Å². The van der Waals surface area contributed by atoms with Crippen LogP contribution in [-0.4, -0.2) is 29.0 Å². The summed E-state index contributed by atoms with van der Waals surface area (Å²) in [6.07, 6.45) is 2.99. The fourth-order valence-corrected chi connectivity index (χ4v) is 1.07. The van der Waals surface area contributed by atoms with Crippen LogP contribution < -0.4 is 16.4 Å². The van der Waals surface area contributed by atoms with Crippen molar-refractivity contribution >= 4 is 17.5 Å². The highest BCUT2D eigenvalue weighted by Crippen LogP contribution is 2.09. The molecule has 0 bridgehead atoms. The van der Waals surface area contributed by atoms with Gasteiger partial charge in [0.2, 0.25) is 5.91 Å². The Morgan fingerprint density at radius 3 is 2.79 bits per heavy atom. The van der Waals surface area contributed by atoms with Crippen LogP contribution in [0.15, 0.2) is 12.4 Å². The molecule has 0 aliphatic heterocycles. The fourth-order valence-electron chi connectivity index (χ4n) is 1.07. The van der Waals surface area contributed by atoms with Crippen LogP contribution in [0.4, 0.5) is 11.6 Å². The molecule has 0 radical (unpaired) electrons. The lowest BCUT2D eigenvalue weighted by Crippen LogP contribution is -2.34. The van der Waals surface area contributed by atoms with Crippen molar-refractivity contribution in [3.8, 4) is 0 Å². The number of anilines is 2. The van der Waals surface area contributed by atoms with E-state index in [0.717, 1.165) is 0 Å². The van der Waals surface area contributed by atoms with E-state index >= 15 is 0 Å². The van der Waals surface area contributed by atoms with E-state index < -0.39 is 5.91 Å². The SMILES string of the molecule is CCN(CC(N)=O)c1cncc(N)n1. The number of carbonyl (C=O) groups excluding carboxylic acids is 1. The summed E-state index contributed by atoms with van der Waals surface area (Å²) in [7, 11) is 0. The molecule has 14 heavy (non-hydrogen) atoms. The van der Waals surface area contributed by atoms with Gasteiger partial charge in [-0.15, -0.1) is 0 Å². The maximum absolute atomic E-state index is 10.7. The lowest BCUT2D eigenvalue weighted by atomic mass is 10.4. The van der Waals surface area contributed by atoms with Crippen LogP contribution in [0.2, 0.25) is 0 Å². The van der Waals surface area contributed by atoms with E-state index in [1.54, 1.807) is 11.1 Å². The molecule has 6 heteroatoms. The van der Waals surface area contributed by atoms with Gasteiger partial charge in [-0.3, -0.25) is 9.78 Å². The summed E-state index contributed by atoms with van der Waals surface area (Å²) in [6.45, 7) is 2.64. The van der Waals surface area contributed by atoms with Crippen LogP contribution in [0.25, 0.3) is 0 Å². The largest absolute Gasteiger partial charge is 0.382 e. The molecule has 1 rings (SSSR count). The molecule has 0 aliphatic carbocycles. The lowest BCUT2D eigenvalue weighted by molar-refractivity contribution is -0.116. The number of amides is 1. The Morgan fingerprint density at radius 2 is 2.29 bits per heavy atom. The Labute approximate surface area is 81.9 Å². The molecule has 0 atom stereocenters. The predicted molar refractivity (Wildman–Crippen MR) is 53.5 cm³/mol. The van der Waals surface area contributed by atoms with Gasteiger partial charge in [-0.05, 0) is 6.92 Å². The number of nitrogens with zero attached hydrogens (tertiary/aromatic N) is 3. The molecule has 1 aromatic rings. The van der Waals surface area contributed by atoms with Gasteiger partial charge >= 0.3 is 0 Å². The van der Waals surface area contributed by atoms with Gasteiger partial charge < -0.3 is 16.4 Å². The highest BCUT2D eigenvalue weighted by Gasteiger charge is 2.08. The molecule has 0 unspecified atom stereocenters. The first kappa shape index (κ1) is 10.2. The van der Waals surface area contributed by atoms with Crippen molar-refractivity contribution in [2.75, 3.05) is 23.7 Å². The molecule has 0 saturated carbocycles. The number of nitrogens with two attached hydrogens (primary N) is 2. The summed E-state index contributed by atoms with van der Waals surface area (Å²) in [5.74, 6) is 0.479. The number of carbonyl (C=O) groups is 1. The third-order valence-corrected chi connectivity index (χ3v) is 1.69. The number of hydrogen-bond donors (Lipinski definition) is 2. The minimum absolute atomic E-state index is 0.120. The smallest absolute Gasteiger partial charge is 0.236 e. The maximum atomic E-state index is 10.7. The van der Waals surface area contributed by atoms with Gasteiger partial charge in [0.1, 0.15) is 11.6 Å². The number of hydrogen-bond acceptors (Lipinski definition) is 5. The summed E-state index contributed by atoms with van der Waals surface area (Å²) < 4.78 is 0. The van der Waals surface area contributed by atoms with Gasteiger partial charge in [-0.25, -0.2) is 4.98 Å². The summed E-state index contributed by atoms with van der Waals surface area (Å²) in [5, 5.41) is 0. The molecule has 1 amide bonds. The van der Waals surface area contributed by atoms with E-state index in [1.165, 1.54) is 6.20 Å². The molecular weight excluding hydrogens is 182 g/mol. The Morgan fingerprint density at radius 1 is 1.57 bits per heavy atom. The van der Waals surface area contributed by atoms with Crippen LogP contribution >= 0.6 is 0 Å². The summed E-state index contributed by atoms with van der Waals surface area (Å²) in [6, 6.07) is 0. The maximum Gasteiger partial charge on any atom is 0.236 e. The zero-order valence-corrected chi connectivity index (χ0v) is 7.97. The minimum Gasteiger partial charge on any atom is -0.382 e. The lowest BCUT2D eigenvalue weighted by Gasteiger charge is -2.19. The summed E-state index contributed by atoms with van der Waals surface area (Å²) in [4.78, 5) is 20.3. The fraction of sp³-hybridized carbons (Fsp3) is 0.375. The van der Waals surface area contributed by atoms with Gasteiger partial charge in [0.05, 0.1) is 18.9 Å². The van der Waals surface area contributed by atoms with E-state index in [-0.39, 0.29) is 6.54 Å². The van der Waals surface area contributed by atoms with Crippen molar-refractivity contribution in [1.82, 2.24) is 9.97 Å². The predicted octanol–water partition coefficient (Wildman–Crippen LogP) is -0.630. The van der Waals surface area contributed by atoms with Crippen LogP contribution in [0.3, 0.4) is 0 Å². The zero-order valence-electron chi connectivity index (χ0n) is 7.97. The molecule has 1 heterocycles. The van der Waals surface area contributed by atoms with Crippen LogP contribution in [0.5, 0.6) is 0 Å². The molecule has 4 N–H and O–H groups in total. The highest BCUT2D eigenvalue weighted by atomic mass is 16.1. The number of rotatable bonds is 4. The van der Waals surface area contributed by atoms with Gasteiger partial charge in [0.15, 0.2) is 0 Å². The molecule has 1 aromatic heterocycles. The van der Waals surface area contributed by atoms with E-state index in [0.29, 0.717) is 18.2 Å². The van der Waals surface area contributed by atoms with Gasteiger partial charge in [0.25, 0.3) is 0 Å². The van der Waals surface area contributed by atoms with E-state index in [2.05, 4.69) is 9.97 Å². The second-order valence-corrected chi connectivity index (χ2v) is 2.78. The van der Waals surface area contributed by atoms with Crippen LogP contribution in [-0.2, 0) is 4.79 Å². The van der Waals surface area contributed by atoms with Gasteiger partial charge in [-0.2, -0.15) is 0 Å². The van der Waals surface area contributed by atoms with Crippen molar-refractivity contribution < 1.29 is 4.79 Å². The monoisotopic (exact) mass is 195 g/mol.